The zero-order valence-corrected chi connectivity index (χ0v) is 16.4. The van der Waals surface area contributed by atoms with Crippen LogP contribution in [0.3, 0.4) is 0 Å². The van der Waals surface area contributed by atoms with Crippen molar-refractivity contribution in [1.82, 2.24) is 15.3 Å². The third-order valence-electron chi connectivity index (χ3n) is 4.10. The van der Waals surface area contributed by atoms with E-state index in [0.717, 1.165) is 41.9 Å². The molecular formula is C20H29N5O. The number of aryl methyl sites for hydroxylation is 1. The number of rotatable bonds is 6. The zero-order chi connectivity index (χ0) is 19.5. The first kappa shape index (κ1) is 19.8. The predicted molar refractivity (Wildman–Crippen MR) is 106 cm³/mol. The van der Waals surface area contributed by atoms with Crippen LogP contribution in [0.25, 0.3) is 0 Å². The van der Waals surface area contributed by atoms with E-state index in [1.807, 2.05) is 39.6 Å². The van der Waals surface area contributed by atoms with Crippen LogP contribution >= 0.6 is 0 Å². The highest BCUT2D eigenvalue weighted by atomic mass is 16.2. The Balaban J connectivity index is 2.31. The van der Waals surface area contributed by atoms with E-state index in [1.165, 1.54) is 0 Å². The van der Waals surface area contributed by atoms with Crippen molar-refractivity contribution in [3.8, 4) is 0 Å². The second-order valence-corrected chi connectivity index (χ2v) is 7.81. The molecule has 6 heteroatoms. The van der Waals surface area contributed by atoms with Gasteiger partial charge in [0.25, 0.3) is 0 Å². The second-order valence-electron chi connectivity index (χ2n) is 7.81. The van der Waals surface area contributed by atoms with Crippen LogP contribution in [0.5, 0.6) is 0 Å². The molecule has 1 aromatic rings. The third-order valence-corrected chi connectivity index (χ3v) is 4.10. The van der Waals surface area contributed by atoms with E-state index < -0.39 is 0 Å². The van der Waals surface area contributed by atoms with Gasteiger partial charge in [0, 0.05) is 23.8 Å². The molecule has 1 amide bonds. The molecule has 0 saturated carbocycles. The number of fused-ring (bicyclic) bond motifs is 1. The number of anilines is 1. The number of nitrogens with zero attached hydrogens (tertiary/aromatic N) is 3. The van der Waals surface area contributed by atoms with Crippen molar-refractivity contribution in [2.75, 3.05) is 18.5 Å². The van der Waals surface area contributed by atoms with Crippen molar-refractivity contribution < 1.29 is 4.79 Å². The molecule has 1 aromatic heterocycles. The maximum atomic E-state index is 12.3. The molecule has 2 N–H and O–H groups in total. The highest BCUT2D eigenvalue weighted by Gasteiger charge is 2.24. The number of hydrogen-bond acceptors (Lipinski definition) is 5. The fourth-order valence-electron chi connectivity index (χ4n) is 2.95. The van der Waals surface area contributed by atoms with Crippen molar-refractivity contribution in [2.24, 2.45) is 0 Å². The number of carbonyl (C=O) groups excluding carboxylic acids is 1. The first-order valence-electron chi connectivity index (χ1n) is 8.92. The first-order chi connectivity index (χ1) is 12.1. The minimum atomic E-state index is -0.272. The lowest BCUT2D eigenvalue weighted by molar-refractivity contribution is -0.121. The van der Waals surface area contributed by atoms with Gasteiger partial charge in [0.1, 0.15) is 5.82 Å². The number of likely N-dealkylation sites (N-methyl/N-ethyl adjacent to an activating group) is 1. The minimum Gasteiger partial charge on any atom is -0.350 e. The van der Waals surface area contributed by atoms with Crippen LogP contribution in [-0.2, 0) is 17.6 Å². The van der Waals surface area contributed by atoms with Gasteiger partial charge < -0.3 is 10.2 Å². The quantitative estimate of drug-likeness (QED) is 0.607. The van der Waals surface area contributed by atoms with Crippen molar-refractivity contribution >= 4 is 17.4 Å². The third kappa shape index (κ3) is 5.00. The summed E-state index contributed by atoms with van der Waals surface area (Å²) in [4.78, 5) is 23.3. The molecule has 0 bridgehead atoms. The molecule has 0 radical (unpaired) electrons. The second kappa shape index (κ2) is 7.81. The van der Waals surface area contributed by atoms with Gasteiger partial charge in [-0.3, -0.25) is 10.2 Å². The Morgan fingerprint density at radius 1 is 1.35 bits per heavy atom. The Bertz CT molecular complexity index is 758. The van der Waals surface area contributed by atoms with Gasteiger partial charge in [-0.2, -0.15) is 0 Å². The molecule has 0 spiro atoms. The summed E-state index contributed by atoms with van der Waals surface area (Å²) in [7, 11) is 1.86. The SMILES string of the molecule is C=C/C(C)=C\C(=N)c1nc2c(c(N(C)CC(=O)NC(C)(C)C)n1)CCC2. The van der Waals surface area contributed by atoms with E-state index in [4.69, 9.17) is 5.41 Å². The number of amides is 1. The number of aromatic nitrogens is 2. The monoisotopic (exact) mass is 355 g/mol. The van der Waals surface area contributed by atoms with Crippen LogP contribution in [0, 0.1) is 5.41 Å². The summed E-state index contributed by atoms with van der Waals surface area (Å²) in [6, 6.07) is 0. The van der Waals surface area contributed by atoms with Crippen LogP contribution in [0.2, 0.25) is 0 Å². The van der Waals surface area contributed by atoms with E-state index in [2.05, 4.69) is 21.9 Å². The average molecular weight is 355 g/mol. The summed E-state index contributed by atoms with van der Waals surface area (Å²) in [5.41, 5.74) is 2.95. The lowest BCUT2D eigenvalue weighted by Gasteiger charge is -2.25. The lowest BCUT2D eigenvalue weighted by Crippen LogP contribution is -2.45. The Labute approximate surface area is 155 Å². The molecule has 6 nitrogen and oxygen atoms in total. The number of carbonyl (C=O) groups is 1. The van der Waals surface area contributed by atoms with E-state index >= 15 is 0 Å². The van der Waals surface area contributed by atoms with Crippen LogP contribution in [-0.4, -0.2) is 40.7 Å². The number of allylic oxidation sites excluding steroid dienone is 3. The largest absolute Gasteiger partial charge is 0.350 e. The van der Waals surface area contributed by atoms with Gasteiger partial charge in [-0.05, 0) is 58.6 Å². The average Bonchev–Trinajstić information content (AvgIpc) is 2.99. The molecule has 0 aliphatic heterocycles. The van der Waals surface area contributed by atoms with E-state index in [0.29, 0.717) is 5.82 Å². The molecule has 0 atom stereocenters. The first-order valence-corrected chi connectivity index (χ1v) is 8.92. The Morgan fingerprint density at radius 2 is 2.04 bits per heavy atom. The summed E-state index contributed by atoms with van der Waals surface area (Å²) in [5.74, 6) is 1.09. The molecule has 2 rings (SSSR count). The number of hydrogen-bond donors (Lipinski definition) is 2. The van der Waals surface area contributed by atoms with Gasteiger partial charge in [-0.1, -0.05) is 12.7 Å². The molecule has 0 saturated heterocycles. The molecule has 1 heterocycles. The molecule has 0 unspecified atom stereocenters. The topological polar surface area (TPSA) is 82.0 Å². The number of nitrogens with one attached hydrogen (secondary N) is 2. The normalized spacial score (nSPS) is 14.0. The van der Waals surface area contributed by atoms with Crippen LogP contribution in [0.4, 0.5) is 5.82 Å². The molecular weight excluding hydrogens is 326 g/mol. The van der Waals surface area contributed by atoms with Gasteiger partial charge in [0.2, 0.25) is 5.91 Å². The summed E-state index contributed by atoms with van der Waals surface area (Å²) in [6.45, 7) is 11.7. The van der Waals surface area contributed by atoms with Gasteiger partial charge in [-0.15, -0.1) is 0 Å². The van der Waals surface area contributed by atoms with Gasteiger partial charge in [0.15, 0.2) is 5.82 Å². The summed E-state index contributed by atoms with van der Waals surface area (Å²) >= 11 is 0. The Hall–Kier alpha value is -2.50. The summed E-state index contributed by atoms with van der Waals surface area (Å²) in [5, 5.41) is 11.2. The van der Waals surface area contributed by atoms with Crippen LogP contribution in [0.15, 0.2) is 24.3 Å². The Morgan fingerprint density at radius 3 is 2.65 bits per heavy atom. The van der Waals surface area contributed by atoms with E-state index in [9.17, 15) is 4.79 Å². The maximum absolute atomic E-state index is 12.3. The fourth-order valence-corrected chi connectivity index (χ4v) is 2.95. The van der Waals surface area contributed by atoms with E-state index in [1.54, 1.807) is 12.2 Å². The van der Waals surface area contributed by atoms with Gasteiger partial charge >= 0.3 is 0 Å². The minimum absolute atomic E-state index is 0.0515. The molecule has 1 aliphatic carbocycles. The summed E-state index contributed by atoms with van der Waals surface area (Å²) < 4.78 is 0. The van der Waals surface area contributed by atoms with Gasteiger partial charge in [0.05, 0.1) is 12.3 Å². The fraction of sp³-hybridized carbons (Fsp3) is 0.500. The van der Waals surface area contributed by atoms with Crippen LogP contribution < -0.4 is 10.2 Å². The highest BCUT2D eigenvalue weighted by molar-refractivity contribution is 6.04. The Kier molecular flexibility index (Phi) is 5.95. The molecule has 1 aliphatic rings. The predicted octanol–water partition coefficient (Wildman–Crippen LogP) is 2.82. The van der Waals surface area contributed by atoms with Crippen molar-refractivity contribution in [3.05, 3.63) is 41.4 Å². The molecule has 0 aromatic carbocycles. The van der Waals surface area contributed by atoms with Crippen molar-refractivity contribution in [2.45, 2.75) is 52.5 Å². The zero-order valence-electron chi connectivity index (χ0n) is 16.4. The molecule has 26 heavy (non-hydrogen) atoms. The summed E-state index contributed by atoms with van der Waals surface area (Å²) in [6.07, 6.45) is 6.23. The lowest BCUT2D eigenvalue weighted by atomic mass is 10.1. The van der Waals surface area contributed by atoms with Crippen LogP contribution in [0.1, 0.15) is 51.2 Å². The smallest absolute Gasteiger partial charge is 0.239 e. The van der Waals surface area contributed by atoms with Gasteiger partial charge in [-0.25, -0.2) is 9.97 Å². The highest BCUT2D eigenvalue weighted by Crippen LogP contribution is 2.28. The molecule has 140 valence electrons. The maximum Gasteiger partial charge on any atom is 0.239 e. The van der Waals surface area contributed by atoms with E-state index in [-0.39, 0.29) is 23.7 Å². The van der Waals surface area contributed by atoms with Crippen molar-refractivity contribution in [3.63, 3.8) is 0 Å². The van der Waals surface area contributed by atoms with Crippen molar-refractivity contribution in [1.29, 1.82) is 5.41 Å². The molecule has 0 fully saturated rings. The standard InChI is InChI=1S/C20H29N5O/c1-7-13(2)11-15(21)18-22-16-10-8-9-14(16)19(23-18)25(6)12-17(26)24-20(3,4)5/h7,11,21H,1,8-10,12H2,2-6H3,(H,24,26)/b13-11-,21-15?.